The number of rotatable bonds is 5. The van der Waals surface area contributed by atoms with Crippen molar-refractivity contribution in [2.45, 2.75) is 6.92 Å². The molecule has 0 saturated carbocycles. The van der Waals surface area contributed by atoms with E-state index in [1.807, 2.05) is 0 Å². The van der Waals surface area contributed by atoms with Crippen LogP contribution in [0.5, 0.6) is 11.5 Å². The number of nitrogens with two attached hydrogens (primary N) is 1. The van der Waals surface area contributed by atoms with Crippen molar-refractivity contribution in [3.63, 3.8) is 0 Å². The topological polar surface area (TPSA) is 98.5 Å². The predicted molar refractivity (Wildman–Crippen MR) is 85.4 cm³/mol. The second kappa shape index (κ2) is 7.16. The Morgan fingerprint density at radius 2 is 2.00 bits per heavy atom. The largest absolute Gasteiger partial charge is 0.455 e. The molecule has 0 aliphatic rings. The van der Waals surface area contributed by atoms with Gasteiger partial charge in [-0.1, -0.05) is 0 Å². The first-order valence-corrected chi connectivity index (χ1v) is 6.78. The molecule has 7 nitrogen and oxygen atoms in total. The summed E-state index contributed by atoms with van der Waals surface area (Å²) >= 11 is 0. The molecular formula is C15H18N4O3. The summed E-state index contributed by atoms with van der Waals surface area (Å²) in [5, 5.41) is 5.52. The van der Waals surface area contributed by atoms with Gasteiger partial charge in [0.25, 0.3) is 0 Å². The van der Waals surface area contributed by atoms with Gasteiger partial charge < -0.3 is 20.5 Å². The van der Waals surface area contributed by atoms with Crippen LogP contribution in [-0.4, -0.2) is 24.7 Å². The van der Waals surface area contributed by atoms with Crippen LogP contribution >= 0.6 is 0 Å². The molecule has 116 valence electrons. The van der Waals surface area contributed by atoms with Gasteiger partial charge in [-0.05, 0) is 31.2 Å². The molecule has 0 spiro atoms. The molecule has 7 heteroatoms. The van der Waals surface area contributed by atoms with Gasteiger partial charge in [-0.3, -0.25) is 5.32 Å². The number of hydrogen-bond acceptors (Lipinski definition) is 6. The summed E-state index contributed by atoms with van der Waals surface area (Å²) in [6.45, 7) is 2.00. The average molecular weight is 302 g/mol. The number of hydrogen-bond donors (Lipinski definition) is 3. The average Bonchev–Trinajstić information content (AvgIpc) is 2.51. The summed E-state index contributed by atoms with van der Waals surface area (Å²) in [4.78, 5) is 15.8. The highest BCUT2D eigenvalue weighted by molar-refractivity contribution is 5.91. The quantitative estimate of drug-likeness (QED) is 0.734. The lowest BCUT2D eigenvalue weighted by molar-refractivity contribution is 0.168. The number of nitrogen functional groups attached to an aromatic ring is 1. The first-order valence-electron chi connectivity index (χ1n) is 6.78. The maximum Gasteiger partial charge on any atom is 0.411 e. The van der Waals surface area contributed by atoms with Gasteiger partial charge in [0, 0.05) is 25.0 Å². The summed E-state index contributed by atoms with van der Waals surface area (Å²) in [6.07, 6.45) is 1.00. The smallest absolute Gasteiger partial charge is 0.411 e. The molecule has 0 bridgehead atoms. The van der Waals surface area contributed by atoms with Gasteiger partial charge in [0.05, 0.1) is 6.61 Å². The van der Waals surface area contributed by atoms with Crippen molar-refractivity contribution in [3.8, 4) is 11.5 Å². The number of anilines is 3. The standard InChI is InChI=1S/C15H18N4O3/c1-3-21-15(20)19-13-12(8-9-18-14(13)17-2)22-11-6-4-10(16)5-7-11/h4-9H,3,16H2,1-2H3,(H,17,18)(H,19,20). The number of carbonyl (C=O) groups is 1. The predicted octanol–water partition coefficient (Wildman–Crippen LogP) is 3.07. The van der Waals surface area contributed by atoms with E-state index in [0.717, 1.165) is 0 Å². The third kappa shape index (κ3) is 3.78. The van der Waals surface area contributed by atoms with Crippen molar-refractivity contribution < 1.29 is 14.3 Å². The Balaban J connectivity index is 2.29. The van der Waals surface area contributed by atoms with Crippen LogP contribution < -0.4 is 21.1 Å². The molecule has 2 rings (SSSR count). The molecule has 1 heterocycles. The number of nitrogens with zero attached hydrogens (tertiary/aromatic N) is 1. The molecule has 4 N–H and O–H groups in total. The first-order chi connectivity index (χ1) is 10.6. The molecule has 1 amide bonds. The molecule has 2 aromatic rings. The van der Waals surface area contributed by atoms with Crippen LogP contribution in [0.2, 0.25) is 0 Å². The highest BCUT2D eigenvalue weighted by atomic mass is 16.5. The molecular weight excluding hydrogens is 284 g/mol. The van der Waals surface area contributed by atoms with E-state index in [1.54, 1.807) is 50.5 Å². The fraction of sp³-hybridized carbons (Fsp3) is 0.200. The van der Waals surface area contributed by atoms with E-state index in [0.29, 0.717) is 28.7 Å². The SMILES string of the molecule is CCOC(=O)Nc1c(Oc2ccc(N)cc2)ccnc1NC. The van der Waals surface area contributed by atoms with Gasteiger partial charge in [-0.2, -0.15) is 0 Å². The normalized spacial score (nSPS) is 9.91. The Bertz CT molecular complexity index is 644. The molecule has 22 heavy (non-hydrogen) atoms. The molecule has 1 aromatic heterocycles. The van der Waals surface area contributed by atoms with Gasteiger partial charge in [0.2, 0.25) is 0 Å². The van der Waals surface area contributed by atoms with E-state index in [9.17, 15) is 4.79 Å². The number of aromatic nitrogens is 1. The Morgan fingerprint density at radius 1 is 1.27 bits per heavy atom. The lowest BCUT2D eigenvalue weighted by Gasteiger charge is -2.15. The van der Waals surface area contributed by atoms with Gasteiger partial charge in [-0.15, -0.1) is 0 Å². The molecule has 1 aromatic carbocycles. The van der Waals surface area contributed by atoms with Crippen LogP contribution in [0.3, 0.4) is 0 Å². The number of amides is 1. The van der Waals surface area contributed by atoms with E-state index in [1.165, 1.54) is 0 Å². The maximum absolute atomic E-state index is 11.7. The van der Waals surface area contributed by atoms with Gasteiger partial charge in [-0.25, -0.2) is 9.78 Å². The van der Waals surface area contributed by atoms with Crippen molar-refractivity contribution in [2.24, 2.45) is 0 Å². The number of nitrogens with one attached hydrogen (secondary N) is 2. The summed E-state index contributed by atoms with van der Waals surface area (Å²) < 4.78 is 10.7. The zero-order chi connectivity index (χ0) is 15.9. The molecule has 0 aliphatic heterocycles. The van der Waals surface area contributed by atoms with Crippen LogP contribution in [0.4, 0.5) is 22.0 Å². The van der Waals surface area contributed by atoms with Gasteiger partial charge >= 0.3 is 6.09 Å². The Hall–Kier alpha value is -2.96. The highest BCUT2D eigenvalue weighted by Gasteiger charge is 2.14. The minimum absolute atomic E-state index is 0.273. The van der Waals surface area contributed by atoms with Crippen molar-refractivity contribution in [1.29, 1.82) is 0 Å². The summed E-state index contributed by atoms with van der Waals surface area (Å²) in [5.41, 5.74) is 6.69. The van der Waals surface area contributed by atoms with Crippen molar-refractivity contribution in [2.75, 3.05) is 30.0 Å². The second-order valence-electron chi connectivity index (χ2n) is 4.30. The van der Waals surface area contributed by atoms with E-state index in [4.69, 9.17) is 15.2 Å². The minimum Gasteiger partial charge on any atom is -0.455 e. The zero-order valence-corrected chi connectivity index (χ0v) is 12.4. The fourth-order valence-corrected chi connectivity index (χ4v) is 1.77. The molecule has 0 radical (unpaired) electrons. The van der Waals surface area contributed by atoms with Crippen LogP contribution in [0.1, 0.15) is 6.92 Å². The molecule has 0 saturated heterocycles. The third-order valence-electron chi connectivity index (χ3n) is 2.76. The molecule has 0 unspecified atom stereocenters. The monoisotopic (exact) mass is 302 g/mol. The highest BCUT2D eigenvalue weighted by Crippen LogP contribution is 2.34. The van der Waals surface area contributed by atoms with Crippen molar-refractivity contribution >= 4 is 23.3 Å². The van der Waals surface area contributed by atoms with Crippen LogP contribution in [0.15, 0.2) is 36.5 Å². The summed E-state index contributed by atoms with van der Waals surface area (Å²) in [5.74, 6) is 1.51. The van der Waals surface area contributed by atoms with E-state index in [-0.39, 0.29) is 6.61 Å². The summed E-state index contributed by atoms with van der Waals surface area (Å²) in [7, 11) is 1.70. The lowest BCUT2D eigenvalue weighted by atomic mass is 10.3. The van der Waals surface area contributed by atoms with E-state index in [2.05, 4.69) is 15.6 Å². The third-order valence-corrected chi connectivity index (χ3v) is 2.76. The second-order valence-corrected chi connectivity index (χ2v) is 4.30. The van der Waals surface area contributed by atoms with Crippen molar-refractivity contribution in [3.05, 3.63) is 36.5 Å². The fourth-order valence-electron chi connectivity index (χ4n) is 1.77. The zero-order valence-electron chi connectivity index (χ0n) is 12.4. The Labute approximate surface area is 128 Å². The number of carbonyl (C=O) groups excluding carboxylic acids is 1. The number of ether oxygens (including phenoxy) is 2. The Kier molecular flexibility index (Phi) is 5.02. The van der Waals surface area contributed by atoms with Gasteiger partial charge in [0.15, 0.2) is 11.6 Å². The minimum atomic E-state index is -0.575. The molecule has 0 aliphatic carbocycles. The van der Waals surface area contributed by atoms with Crippen LogP contribution in [0.25, 0.3) is 0 Å². The maximum atomic E-state index is 11.7. The van der Waals surface area contributed by atoms with Crippen LogP contribution in [-0.2, 0) is 4.74 Å². The number of benzene rings is 1. The van der Waals surface area contributed by atoms with Crippen molar-refractivity contribution in [1.82, 2.24) is 4.98 Å². The lowest BCUT2D eigenvalue weighted by Crippen LogP contribution is -2.15. The van der Waals surface area contributed by atoms with E-state index >= 15 is 0 Å². The van der Waals surface area contributed by atoms with Crippen LogP contribution in [0, 0.1) is 0 Å². The molecule has 0 fully saturated rings. The molecule has 0 atom stereocenters. The number of pyridine rings is 1. The first kappa shape index (κ1) is 15.4. The van der Waals surface area contributed by atoms with E-state index < -0.39 is 6.09 Å². The van der Waals surface area contributed by atoms with Gasteiger partial charge in [0.1, 0.15) is 11.4 Å². The Morgan fingerprint density at radius 3 is 2.64 bits per heavy atom. The summed E-state index contributed by atoms with van der Waals surface area (Å²) in [6, 6.07) is 8.59.